The van der Waals surface area contributed by atoms with Gasteiger partial charge >= 0.3 is 0 Å². The predicted molar refractivity (Wildman–Crippen MR) is 83.4 cm³/mol. The Morgan fingerprint density at radius 1 is 1.30 bits per heavy atom. The minimum absolute atomic E-state index is 0.124. The Balaban J connectivity index is 2.93. The third kappa shape index (κ3) is 5.21. The van der Waals surface area contributed by atoms with Crippen LogP contribution in [0.15, 0.2) is 22.7 Å². The zero-order valence-corrected chi connectivity index (χ0v) is 14.1. The molecule has 0 saturated carbocycles. The Labute approximate surface area is 128 Å². The normalized spacial score (nSPS) is 11.2. The van der Waals surface area contributed by atoms with Crippen LogP contribution < -0.4 is 0 Å². The Morgan fingerprint density at radius 2 is 1.95 bits per heavy atom. The molecular weight excluding hydrogens is 323 g/mol. The molecule has 0 N–H and O–H groups in total. The van der Waals surface area contributed by atoms with E-state index >= 15 is 0 Å². The van der Waals surface area contributed by atoms with Crippen LogP contribution in [0, 0.1) is 11.7 Å². The molecule has 1 aromatic carbocycles. The first-order chi connectivity index (χ1) is 9.31. The van der Waals surface area contributed by atoms with E-state index < -0.39 is 5.82 Å². The summed E-state index contributed by atoms with van der Waals surface area (Å²) in [5.41, 5.74) is 0.124. The van der Waals surface area contributed by atoms with Crippen LogP contribution in [0.3, 0.4) is 0 Å². The van der Waals surface area contributed by atoms with E-state index in [9.17, 15) is 9.18 Å². The SMILES string of the molecule is CC(C)CN(CCN(C)C)C(=O)c1cc(Br)ccc1F. The molecule has 1 rings (SSSR count). The van der Waals surface area contributed by atoms with Gasteiger partial charge in [-0.05, 0) is 38.2 Å². The van der Waals surface area contributed by atoms with Gasteiger partial charge in [0.15, 0.2) is 0 Å². The number of benzene rings is 1. The molecule has 0 fully saturated rings. The number of amides is 1. The smallest absolute Gasteiger partial charge is 0.256 e. The van der Waals surface area contributed by atoms with Crippen LogP contribution in [0.5, 0.6) is 0 Å². The Kier molecular flexibility index (Phi) is 6.62. The van der Waals surface area contributed by atoms with Crippen LogP contribution in [0.25, 0.3) is 0 Å². The lowest BCUT2D eigenvalue weighted by molar-refractivity contribution is 0.0720. The highest BCUT2D eigenvalue weighted by Gasteiger charge is 2.20. The molecular formula is C15H22BrFN2O. The second kappa shape index (κ2) is 7.74. The molecule has 0 aliphatic heterocycles. The van der Waals surface area contributed by atoms with Crippen LogP contribution in [-0.2, 0) is 0 Å². The molecule has 5 heteroatoms. The van der Waals surface area contributed by atoms with Gasteiger partial charge in [-0.3, -0.25) is 4.79 Å². The standard InChI is InChI=1S/C15H22BrFN2O/c1-11(2)10-19(8-7-18(3)4)15(20)13-9-12(16)5-6-14(13)17/h5-6,9,11H,7-8,10H2,1-4H3. The number of rotatable bonds is 6. The summed E-state index contributed by atoms with van der Waals surface area (Å²) in [6.45, 7) is 6.07. The maximum Gasteiger partial charge on any atom is 0.256 e. The summed E-state index contributed by atoms with van der Waals surface area (Å²) in [6.07, 6.45) is 0. The fourth-order valence-corrected chi connectivity index (χ4v) is 2.23. The molecule has 112 valence electrons. The summed E-state index contributed by atoms with van der Waals surface area (Å²) in [5, 5.41) is 0. The van der Waals surface area contributed by atoms with Gasteiger partial charge in [0.2, 0.25) is 0 Å². The molecule has 0 unspecified atom stereocenters. The molecule has 0 aliphatic rings. The van der Waals surface area contributed by atoms with E-state index in [1.54, 1.807) is 17.0 Å². The maximum atomic E-state index is 13.8. The Morgan fingerprint density at radius 3 is 2.50 bits per heavy atom. The van der Waals surface area contributed by atoms with Crippen molar-refractivity contribution < 1.29 is 9.18 Å². The van der Waals surface area contributed by atoms with Crippen LogP contribution >= 0.6 is 15.9 Å². The quantitative estimate of drug-likeness (QED) is 0.790. The minimum Gasteiger partial charge on any atom is -0.337 e. The van der Waals surface area contributed by atoms with Crippen molar-refractivity contribution in [3.63, 3.8) is 0 Å². The predicted octanol–water partition coefficient (Wildman–Crippen LogP) is 3.25. The fraction of sp³-hybridized carbons (Fsp3) is 0.533. The second-order valence-electron chi connectivity index (χ2n) is 5.57. The number of hydrogen-bond donors (Lipinski definition) is 0. The number of nitrogens with zero attached hydrogens (tertiary/aromatic N) is 2. The lowest BCUT2D eigenvalue weighted by Gasteiger charge is -2.26. The summed E-state index contributed by atoms with van der Waals surface area (Å²) in [7, 11) is 3.91. The highest BCUT2D eigenvalue weighted by Crippen LogP contribution is 2.18. The molecule has 0 spiro atoms. The average Bonchev–Trinajstić information content (AvgIpc) is 2.36. The fourth-order valence-electron chi connectivity index (χ4n) is 1.87. The topological polar surface area (TPSA) is 23.6 Å². The first kappa shape index (κ1) is 17.1. The highest BCUT2D eigenvalue weighted by atomic mass is 79.9. The molecule has 20 heavy (non-hydrogen) atoms. The molecule has 0 radical (unpaired) electrons. The van der Waals surface area contributed by atoms with Crippen molar-refractivity contribution in [3.8, 4) is 0 Å². The van der Waals surface area contributed by atoms with E-state index in [0.717, 1.165) is 6.54 Å². The van der Waals surface area contributed by atoms with Crippen molar-refractivity contribution in [2.24, 2.45) is 5.92 Å². The van der Waals surface area contributed by atoms with Crippen LogP contribution in [-0.4, -0.2) is 49.4 Å². The van der Waals surface area contributed by atoms with Gasteiger partial charge in [-0.15, -0.1) is 0 Å². The molecule has 0 saturated heterocycles. The number of carbonyl (C=O) groups excluding carboxylic acids is 1. The van der Waals surface area contributed by atoms with Gasteiger partial charge < -0.3 is 9.80 Å². The van der Waals surface area contributed by atoms with E-state index in [1.165, 1.54) is 6.07 Å². The van der Waals surface area contributed by atoms with Gasteiger partial charge in [-0.1, -0.05) is 29.8 Å². The number of likely N-dealkylation sites (N-methyl/N-ethyl adjacent to an activating group) is 1. The molecule has 1 aromatic rings. The van der Waals surface area contributed by atoms with E-state index in [2.05, 4.69) is 15.9 Å². The van der Waals surface area contributed by atoms with Gasteiger partial charge in [0.05, 0.1) is 5.56 Å². The third-order valence-electron chi connectivity index (χ3n) is 2.85. The van der Waals surface area contributed by atoms with Gasteiger partial charge in [-0.25, -0.2) is 4.39 Å². The average molecular weight is 345 g/mol. The Bertz CT molecular complexity index is 463. The van der Waals surface area contributed by atoms with Crippen LogP contribution in [0.2, 0.25) is 0 Å². The van der Waals surface area contributed by atoms with Gasteiger partial charge in [-0.2, -0.15) is 0 Å². The molecule has 0 atom stereocenters. The van der Waals surface area contributed by atoms with E-state index in [1.807, 2.05) is 32.8 Å². The third-order valence-corrected chi connectivity index (χ3v) is 3.34. The highest BCUT2D eigenvalue weighted by molar-refractivity contribution is 9.10. The number of halogens is 2. The molecule has 0 bridgehead atoms. The lowest BCUT2D eigenvalue weighted by atomic mass is 10.1. The number of hydrogen-bond acceptors (Lipinski definition) is 2. The largest absolute Gasteiger partial charge is 0.337 e. The molecule has 0 aromatic heterocycles. The van der Waals surface area contributed by atoms with Gasteiger partial charge in [0.25, 0.3) is 5.91 Å². The van der Waals surface area contributed by atoms with Crippen molar-refractivity contribution in [2.45, 2.75) is 13.8 Å². The monoisotopic (exact) mass is 344 g/mol. The summed E-state index contributed by atoms with van der Waals surface area (Å²) in [4.78, 5) is 16.2. The molecule has 0 aliphatic carbocycles. The lowest BCUT2D eigenvalue weighted by Crippen LogP contribution is -2.39. The minimum atomic E-state index is -0.475. The van der Waals surface area contributed by atoms with Crippen molar-refractivity contribution >= 4 is 21.8 Å². The van der Waals surface area contributed by atoms with Crippen molar-refractivity contribution in [1.29, 1.82) is 0 Å². The van der Waals surface area contributed by atoms with Crippen LogP contribution in [0.1, 0.15) is 24.2 Å². The van der Waals surface area contributed by atoms with Crippen molar-refractivity contribution in [1.82, 2.24) is 9.80 Å². The summed E-state index contributed by atoms with van der Waals surface area (Å²) < 4.78 is 14.5. The van der Waals surface area contributed by atoms with Gasteiger partial charge in [0.1, 0.15) is 5.82 Å². The molecule has 1 amide bonds. The van der Waals surface area contributed by atoms with Crippen LogP contribution in [0.4, 0.5) is 4.39 Å². The zero-order valence-electron chi connectivity index (χ0n) is 12.5. The molecule has 0 heterocycles. The first-order valence-electron chi connectivity index (χ1n) is 6.70. The Hall–Kier alpha value is -0.940. The molecule has 3 nitrogen and oxygen atoms in total. The van der Waals surface area contributed by atoms with Crippen molar-refractivity contribution in [2.75, 3.05) is 33.7 Å². The van der Waals surface area contributed by atoms with E-state index in [4.69, 9.17) is 0 Å². The van der Waals surface area contributed by atoms with E-state index in [0.29, 0.717) is 23.5 Å². The second-order valence-corrected chi connectivity index (χ2v) is 6.49. The number of carbonyl (C=O) groups is 1. The summed E-state index contributed by atoms with van der Waals surface area (Å²) in [6, 6.07) is 4.45. The van der Waals surface area contributed by atoms with Crippen molar-refractivity contribution in [3.05, 3.63) is 34.1 Å². The van der Waals surface area contributed by atoms with Gasteiger partial charge in [0, 0.05) is 24.1 Å². The first-order valence-corrected chi connectivity index (χ1v) is 7.49. The maximum absolute atomic E-state index is 13.8. The van der Waals surface area contributed by atoms with E-state index in [-0.39, 0.29) is 11.5 Å². The summed E-state index contributed by atoms with van der Waals surface area (Å²) >= 11 is 3.28. The zero-order chi connectivity index (χ0) is 15.3. The summed E-state index contributed by atoms with van der Waals surface area (Å²) in [5.74, 6) is -0.382.